The molecular weight excluding hydrogens is 236 g/mol. The third-order valence-electron chi connectivity index (χ3n) is 4.39. The van der Waals surface area contributed by atoms with Crippen molar-refractivity contribution in [2.45, 2.75) is 26.3 Å². The van der Waals surface area contributed by atoms with Gasteiger partial charge in [-0.3, -0.25) is 9.69 Å². The van der Waals surface area contributed by atoms with Gasteiger partial charge in [0.25, 0.3) is 0 Å². The first-order chi connectivity index (χ1) is 9.61. The highest BCUT2D eigenvalue weighted by Crippen LogP contribution is 2.22. The lowest BCUT2D eigenvalue weighted by Gasteiger charge is -2.30. The van der Waals surface area contributed by atoms with E-state index in [1.165, 1.54) is 11.1 Å². The molecule has 1 aromatic carbocycles. The van der Waals surface area contributed by atoms with Crippen molar-refractivity contribution in [3.05, 3.63) is 35.4 Å². The molecular formula is C16H22N2O. The summed E-state index contributed by atoms with van der Waals surface area (Å²) in [6.45, 7) is 6.62. The second kappa shape index (κ2) is 5.33. The zero-order valence-corrected chi connectivity index (χ0v) is 11.6. The number of amides is 1. The number of rotatable bonds is 2. The molecule has 0 saturated carbocycles. The molecule has 2 aliphatic heterocycles. The van der Waals surface area contributed by atoms with E-state index in [9.17, 15) is 4.79 Å². The number of nitrogens with zero attached hydrogens (tertiary/aromatic N) is 2. The van der Waals surface area contributed by atoms with E-state index < -0.39 is 0 Å². The Kier molecular flexibility index (Phi) is 3.22. The van der Waals surface area contributed by atoms with E-state index >= 15 is 0 Å². The largest absolute Gasteiger partial charge is 0.343 e. The molecule has 3 rings (SSSR count). The molecule has 1 unspecified atom stereocenters. The molecule has 19 heavy (non-hydrogen) atoms. The Hall–Kier alpha value is -1.35. The van der Waals surface area contributed by atoms with Gasteiger partial charge in [0.1, 0.15) is 0 Å². The number of hydrogen-bond donors (Lipinski definition) is 0. The lowest BCUT2D eigenvalue weighted by molar-refractivity contribution is -0.127. The first-order valence-corrected chi connectivity index (χ1v) is 7.18. The van der Waals surface area contributed by atoms with E-state index in [2.05, 4.69) is 11.0 Å². The summed E-state index contributed by atoms with van der Waals surface area (Å²) in [5.41, 5.74) is 2.71. The number of fused-ring (bicyclic) bond motifs is 1. The molecule has 2 heterocycles. The Morgan fingerprint density at radius 1 is 1.42 bits per heavy atom. The lowest BCUT2D eigenvalue weighted by atomic mass is 9.98. The van der Waals surface area contributed by atoms with Crippen LogP contribution in [0.5, 0.6) is 0 Å². The van der Waals surface area contributed by atoms with E-state index in [-0.39, 0.29) is 5.91 Å². The fraction of sp³-hybridized carbons (Fsp3) is 0.562. The van der Waals surface area contributed by atoms with Crippen LogP contribution in [0.3, 0.4) is 0 Å². The summed E-state index contributed by atoms with van der Waals surface area (Å²) in [4.78, 5) is 15.8. The van der Waals surface area contributed by atoms with Crippen LogP contribution in [0, 0.1) is 5.92 Å². The van der Waals surface area contributed by atoms with Crippen molar-refractivity contribution in [1.29, 1.82) is 0 Å². The van der Waals surface area contributed by atoms with E-state index in [0.717, 1.165) is 45.6 Å². The van der Waals surface area contributed by atoms with Gasteiger partial charge in [0.05, 0.1) is 1.37 Å². The molecule has 1 amide bonds. The van der Waals surface area contributed by atoms with E-state index in [0.29, 0.717) is 12.0 Å². The van der Waals surface area contributed by atoms with Gasteiger partial charge in [-0.25, -0.2) is 0 Å². The quantitative estimate of drug-likeness (QED) is 0.810. The van der Waals surface area contributed by atoms with Gasteiger partial charge in [0.2, 0.25) is 5.91 Å². The predicted molar refractivity (Wildman–Crippen MR) is 75.8 cm³/mol. The number of carbonyl (C=O) groups is 1. The van der Waals surface area contributed by atoms with Crippen LogP contribution in [0.4, 0.5) is 0 Å². The number of benzene rings is 1. The SMILES string of the molecule is [2H]c1ccc2c(c1)CN(CC1CCN(C(C)=O)C1)CC2. The third kappa shape index (κ3) is 2.81. The lowest BCUT2D eigenvalue weighted by Crippen LogP contribution is -2.36. The van der Waals surface area contributed by atoms with Crippen LogP contribution in [0.2, 0.25) is 0 Å². The smallest absolute Gasteiger partial charge is 0.219 e. The maximum Gasteiger partial charge on any atom is 0.219 e. The molecule has 3 nitrogen and oxygen atoms in total. The van der Waals surface area contributed by atoms with Gasteiger partial charge in [0.15, 0.2) is 0 Å². The second-order valence-corrected chi connectivity index (χ2v) is 5.80. The summed E-state index contributed by atoms with van der Waals surface area (Å²) in [6, 6.07) is 6.59. The zero-order valence-electron chi connectivity index (χ0n) is 12.6. The van der Waals surface area contributed by atoms with Crippen molar-refractivity contribution in [2.24, 2.45) is 5.92 Å². The molecule has 3 heteroatoms. The van der Waals surface area contributed by atoms with Crippen LogP contribution in [0.25, 0.3) is 0 Å². The maximum atomic E-state index is 11.4. The van der Waals surface area contributed by atoms with E-state index in [1.807, 2.05) is 17.0 Å². The van der Waals surface area contributed by atoms with Gasteiger partial charge in [-0.2, -0.15) is 0 Å². The molecule has 1 atom stereocenters. The van der Waals surface area contributed by atoms with Crippen LogP contribution < -0.4 is 0 Å². The second-order valence-electron chi connectivity index (χ2n) is 5.80. The first kappa shape index (κ1) is 11.5. The predicted octanol–water partition coefficient (Wildman–Crippen LogP) is 1.91. The van der Waals surface area contributed by atoms with Gasteiger partial charge in [0, 0.05) is 39.6 Å². The summed E-state index contributed by atoms with van der Waals surface area (Å²) >= 11 is 0. The summed E-state index contributed by atoms with van der Waals surface area (Å²) in [7, 11) is 0. The average molecular weight is 259 g/mol. The van der Waals surface area contributed by atoms with Crippen molar-refractivity contribution < 1.29 is 6.17 Å². The molecule has 0 spiro atoms. The zero-order chi connectivity index (χ0) is 14.1. The highest BCUT2D eigenvalue weighted by Gasteiger charge is 2.26. The monoisotopic (exact) mass is 259 g/mol. The summed E-state index contributed by atoms with van der Waals surface area (Å²) < 4.78 is 7.74. The molecule has 0 bridgehead atoms. The Morgan fingerprint density at radius 2 is 2.32 bits per heavy atom. The Labute approximate surface area is 116 Å². The first-order valence-electron chi connectivity index (χ1n) is 7.68. The average Bonchev–Trinajstić information content (AvgIpc) is 2.87. The Balaban J connectivity index is 1.59. The van der Waals surface area contributed by atoms with E-state index in [4.69, 9.17) is 1.37 Å². The fourth-order valence-electron chi connectivity index (χ4n) is 3.28. The Morgan fingerprint density at radius 3 is 3.11 bits per heavy atom. The van der Waals surface area contributed by atoms with E-state index in [1.54, 1.807) is 6.92 Å². The molecule has 0 N–H and O–H groups in total. The molecule has 1 fully saturated rings. The van der Waals surface area contributed by atoms with Crippen molar-refractivity contribution in [3.8, 4) is 0 Å². The van der Waals surface area contributed by atoms with Gasteiger partial charge >= 0.3 is 0 Å². The molecule has 0 aromatic heterocycles. The molecule has 1 saturated heterocycles. The minimum absolute atomic E-state index is 0.204. The van der Waals surface area contributed by atoms with Gasteiger partial charge in [-0.15, -0.1) is 0 Å². The van der Waals surface area contributed by atoms with Crippen LogP contribution >= 0.6 is 0 Å². The van der Waals surface area contributed by atoms with Gasteiger partial charge in [-0.05, 0) is 29.9 Å². The minimum atomic E-state index is 0.204. The standard InChI is InChI=1S/C16H22N2O/c1-13(19)18-9-6-14(11-18)10-17-8-7-15-4-2-3-5-16(15)12-17/h2-5,14H,6-12H2,1H3/i3D. The molecule has 0 aliphatic carbocycles. The molecule has 102 valence electrons. The summed E-state index contributed by atoms with van der Waals surface area (Å²) in [5, 5.41) is 0. The molecule has 2 aliphatic rings. The number of hydrogen-bond acceptors (Lipinski definition) is 2. The van der Waals surface area contributed by atoms with Gasteiger partial charge in [-0.1, -0.05) is 24.2 Å². The molecule has 1 aromatic rings. The highest BCUT2D eigenvalue weighted by atomic mass is 16.2. The van der Waals surface area contributed by atoms with Crippen molar-refractivity contribution in [3.63, 3.8) is 0 Å². The van der Waals surface area contributed by atoms with Crippen LogP contribution in [-0.4, -0.2) is 41.9 Å². The normalized spacial score (nSPS) is 24.2. The number of likely N-dealkylation sites (tertiary alicyclic amines) is 1. The fourth-order valence-corrected chi connectivity index (χ4v) is 3.28. The van der Waals surface area contributed by atoms with Gasteiger partial charge < -0.3 is 4.90 Å². The minimum Gasteiger partial charge on any atom is -0.343 e. The Bertz CT molecular complexity index is 517. The van der Waals surface area contributed by atoms with Crippen LogP contribution in [0.1, 0.15) is 25.8 Å². The van der Waals surface area contributed by atoms with Crippen LogP contribution in [0.15, 0.2) is 24.2 Å². The third-order valence-corrected chi connectivity index (χ3v) is 4.39. The summed E-state index contributed by atoms with van der Waals surface area (Å²) in [6.07, 6.45) is 2.21. The highest BCUT2D eigenvalue weighted by molar-refractivity contribution is 5.73. The maximum absolute atomic E-state index is 11.4. The van der Waals surface area contributed by atoms with Crippen molar-refractivity contribution in [2.75, 3.05) is 26.2 Å². The topological polar surface area (TPSA) is 23.6 Å². The van der Waals surface area contributed by atoms with Crippen molar-refractivity contribution >= 4 is 5.91 Å². The summed E-state index contributed by atoms with van der Waals surface area (Å²) in [5.74, 6) is 0.815. The van der Waals surface area contributed by atoms with Crippen LogP contribution in [-0.2, 0) is 17.8 Å². The molecule has 0 radical (unpaired) electrons. The number of carbonyl (C=O) groups excluding carboxylic acids is 1. The van der Waals surface area contributed by atoms with Crippen molar-refractivity contribution in [1.82, 2.24) is 9.80 Å².